The lowest BCUT2D eigenvalue weighted by Gasteiger charge is -2.07. The van der Waals surface area contributed by atoms with E-state index in [0.717, 1.165) is 16.5 Å². The molecule has 0 spiro atoms. The van der Waals surface area contributed by atoms with Crippen LogP contribution in [0.2, 0.25) is 0 Å². The molecule has 0 amide bonds. The first-order valence-corrected chi connectivity index (χ1v) is 11.5. The largest absolute Gasteiger partial charge is 0.462 e. The van der Waals surface area contributed by atoms with Crippen LogP contribution in [0.4, 0.5) is 5.69 Å². The average molecular weight is 497 g/mol. The van der Waals surface area contributed by atoms with Crippen molar-refractivity contribution in [2.75, 3.05) is 13.2 Å². The topological polar surface area (TPSA) is 129 Å². The predicted molar refractivity (Wildman–Crippen MR) is 129 cm³/mol. The highest BCUT2D eigenvalue weighted by atomic mass is 32.2. The molecule has 1 heterocycles. The molecule has 0 aliphatic heterocycles. The molecule has 0 radical (unpaired) electrons. The summed E-state index contributed by atoms with van der Waals surface area (Å²) in [5, 5.41) is 11.6. The molecule has 0 aliphatic rings. The molecule has 0 fully saturated rings. The third-order valence-corrected chi connectivity index (χ3v) is 6.24. The van der Waals surface area contributed by atoms with Gasteiger partial charge in [-0.15, -0.1) is 0 Å². The van der Waals surface area contributed by atoms with E-state index >= 15 is 0 Å². The number of nitro benzene ring substituents is 1. The number of nitro groups is 1. The number of H-pyrrole nitrogens is 1. The number of aromatic amines is 1. The zero-order chi connectivity index (χ0) is 25.7. The van der Waals surface area contributed by atoms with Crippen LogP contribution < -0.4 is 0 Å². The molecule has 1 aromatic heterocycles. The lowest BCUT2D eigenvalue weighted by molar-refractivity contribution is -0.387. The van der Waals surface area contributed by atoms with Crippen molar-refractivity contribution >= 4 is 35.2 Å². The average Bonchev–Trinajstić information content (AvgIpc) is 3.12. The van der Waals surface area contributed by atoms with E-state index in [1.165, 1.54) is 23.9 Å². The summed E-state index contributed by atoms with van der Waals surface area (Å²) in [6, 6.07) is 11.5. The fourth-order valence-electron chi connectivity index (χ4n) is 3.43. The number of ether oxygens (including phenoxy) is 2. The quantitative estimate of drug-likeness (QED) is 0.185. The van der Waals surface area contributed by atoms with Gasteiger partial charge in [0.25, 0.3) is 5.69 Å². The zero-order valence-electron chi connectivity index (χ0n) is 19.7. The maximum atomic E-state index is 12.6. The van der Waals surface area contributed by atoms with Gasteiger partial charge in [0.05, 0.1) is 33.2 Å². The molecule has 2 aromatic carbocycles. The summed E-state index contributed by atoms with van der Waals surface area (Å²) < 4.78 is 10.1. The normalized spacial score (nSPS) is 10.6. The van der Waals surface area contributed by atoms with E-state index in [2.05, 4.69) is 4.98 Å². The molecule has 3 aromatic rings. The van der Waals surface area contributed by atoms with Crippen LogP contribution in [0.1, 0.15) is 54.9 Å². The zero-order valence-corrected chi connectivity index (χ0v) is 20.5. The first kappa shape index (κ1) is 25.7. The van der Waals surface area contributed by atoms with Crippen molar-refractivity contribution in [3.05, 3.63) is 86.2 Å². The molecule has 0 aliphatic carbocycles. The number of aryl methyl sites for hydroxylation is 2. The number of hydrogen-bond donors (Lipinski definition) is 1. The van der Waals surface area contributed by atoms with Gasteiger partial charge < -0.3 is 14.5 Å². The number of carbonyl (C=O) groups is 3. The van der Waals surface area contributed by atoms with Crippen LogP contribution in [0.15, 0.2) is 52.3 Å². The second-order valence-electron chi connectivity index (χ2n) is 7.70. The van der Waals surface area contributed by atoms with Gasteiger partial charge in [0.15, 0.2) is 6.61 Å². The van der Waals surface area contributed by atoms with E-state index in [1.807, 2.05) is 31.2 Å². The molecule has 0 saturated carbocycles. The van der Waals surface area contributed by atoms with Gasteiger partial charge in [-0.05, 0) is 57.5 Å². The van der Waals surface area contributed by atoms with Crippen molar-refractivity contribution < 1.29 is 28.8 Å². The molecule has 0 unspecified atom stereocenters. The van der Waals surface area contributed by atoms with E-state index in [0.29, 0.717) is 16.2 Å². The smallest absolute Gasteiger partial charge is 0.340 e. The summed E-state index contributed by atoms with van der Waals surface area (Å²) in [4.78, 5) is 52.3. The van der Waals surface area contributed by atoms with E-state index in [-0.39, 0.29) is 29.1 Å². The van der Waals surface area contributed by atoms with Crippen molar-refractivity contribution in [3.8, 4) is 0 Å². The molecular formula is C25H24N2O7S. The van der Waals surface area contributed by atoms with Crippen molar-refractivity contribution in [1.82, 2.24) is 4.98 Å². The van der Waals surface area contributed by atoms with Crippen LogP contribution in [-0.2, 0) is 9.47 Å². The Morgan fingerprint density at radius 2 is 1.69 bits per heavy atom. The summed E-state index contributed by atoms with van der Waals surface area (Å²) in [7, 11) is 0. The minimum atomic E-state index is -0.875. The summed E-state index contributed by atoms with van der Waals surface area (Å²) in [5.41, 5.74) is 2.03. The number of hydrogen-bond acceptors (Lipinski definition) is 8. The lowest BCUT2D eigenvalue weighted by Crippen LogP contribution is -2.16. The maximum absolute atomic E-state index is 12.6. The molecule has 3 rings (SSSR count). The fraction of sp³-hybridized carbons (Fsp3) is 0.240. The number of nitrogens with zero attached hydrogens (tertiary/aromatic N) is 1. The Morgan fingerprint density at radius 1 is 1.00 bits per heavy atom. The van der Waals surface area contributed by atoms with Crippen LogP contribution in [0.3, 0.4) is 0 Å². The van der Waals surface area contributed by atoms with E-state index in [1.54, 1.807) is 20.8 Å². The SMILES string of the molecule is CCOC(=O)c1c(C)[nH]c(C(=O)COC(=O)c2ccc(Sc3ccc(C)cc3)c([N+](=O)[O-])c2)c1C. The minimum Gasteiger partial charge on any atom is -0.462 e. The van der Waals surface area contributed by atoms with Crippen LogP contribution in [0.5, 0.6) is 0 Å². The van der Waals surface area contributed by atoms with Gasteiger partial charge in [-0.2, -0.15) is 0 Å². The van der Waals surface area contributed by atoms with Crippen molar-refractivity contribution in [2.45, 2.75) is 37.5 Å². The molecule has 182 valence electrons. The second kappa shape index (κ2) is 11.0. The van der Waals surface area contributed by atoms with Gasteiger partial charge in [0, 0.05) is 16.7 Å². The Morgan fingerprint density at radius 3 is 2.31 bits per heavy atom. The number of rotatable bonds is 9. The van der Waals surface area contributed by atoms with Crippen LogP contribution in [-0.4, -0.2) is 40.8 Å². The molecule has 1 N–H and O–H groups in total. The van der Waals surface area contributed by atoms with Gasteiger partial charge in [-0.3, -0.25) is 14.9 Å². The van der Waals surface area contributed by atoms with E-state index < -0.39 is 29.3 Å². The van der Waals surface area contributed by atoms with Gasteiger partial charge in [-0.1, -0.05) is 29.5 Å². The van der Waals surface area contributed by atoms with E-state index in [4.69, 9.17) is 9.47 Å². The van der Waals surface area contributed by atoms with Gasteiger partial charge in [0.2, 0.25) is 5.78 Å². The van der Waals surface area contributed by atoms with Gasteiger partial charge in [0.1, 0.15) is 0 Å². The Balaban J connectivity index is 1.73. The molecule has 0 saturated heterocycles. The Bertz CT molecular complexity index is 1300. The second-order valence-corrected chi connectivity index (χ2v) is 8.81. The molecule has 0 bridgehead atoms. The van der Waals surface area contributed by atoms with E-state index in [9.17, 15) is 24.5 Å². The minimum absolute atomic E-state index is 0.0515. The summed E-state index contributed by atoms with van der Waals surface area (Å²) in [6.07, 6.45) is 0. The molecule has 0 atom stereocenters. The van der Waals surface area contributed by atoms with Crippen molar-refractivity contribution in [3.63, 3.8) is 0 Å². The number of benzene rings is 2. The van der Waals surface area contributed by atoms with Crippen molar-refractivity contribution in [1.29, 1.82) is 0 Å². The fourth-order valence-corrected chi connectivity index (χ4v) is 4.33. The highest BCUT2D eigenvalue weighted by Gasteiger charge is 2.24. The molecule has 9 nitrogen and oxygen atoms in total. The summed E-state index contributed by atoms with van der Waals surface area (Å²) in [5.74, 6) is -1.97. The molecular weight excluding hydrogens is 472 g/mol. The number of Topliss-reactive ketones (excluding diaryl/α,β-unsaturated/α-hetero) is 1. The number of carbonyl (C=O) groups excluding carboxylic acids is 3. The summed E-state index contributed by atoms with van der Waals surface area (Å²) in [6.45, 7) is 6.45. The summed E-state index contributed by atoms with van der Waals surface area (Å²) >= 11 is 1.21. The molecule has 35 heavy (non-hydrogen) atoms. The third kappa shape index (κ3) is 5.96. The Kier molecular flexibility index (Phi) is 8.08. The van der Waals surface area contributed by atoms with Gasteiger partial charge >= 0.3 is 11.9 Å². The van der Waals surface area contributed by atoms with Gasteiger partial charge in [-0.25, -0.2) is 9.59 Å². The first-order valence-electron chi connectivity index (χ1n) is 10.7. The number of aromatic nitrogens is 1. The highest BCUT2D eigenvalue weighted by Crippen LogP contribution is 2.35. The molecule has 10 heteroatoms. The maximum Gasteiger partial charge on any atom is 0.340 e. The number of ketones is 1. The highest BCUT2D eigenvalue weighted by molar-refractivity contribution is 7.99. The Hall–Kier alpha value is -3.92. The number of nitrogens with one attached hydrogen (secondary N) is 1. The standard InChI is InChI=1S/C25H24N2O7S/c1-5-33-25(30)22-15(3)23(26-16(22)4)20(28)13-34-24(29)17-8-11-21(19(12-17)27(31)32)35-18-9-6-14(2)7-10-18/h6-12,26H,5,13H2,1-4H3. The van der Waals surface area contributed by atoms with Crippen LogP contribution in [0.25, 0.3) is 0 Å². The van der Waals surface area contributed by atoms with Crippen molar-refractivity contribution in [2.24, 2.45) is 0 Å². The lowest BCUT2D eigenvalue weighted by atomic mass is 10.1. The predicted octanol–water partition coefficient (Wildman–Crippen LogP) is 5.22. The van der Waals surface area contributed by atoms with Crippen LogP contribution >= 0.6 is 11.8 Å². The Labute approximate surface area is 206 Å². The van der Waals surface area contributed by atoms with Crippen LogP contribution in [0, 0.1) is 30.9 Å². The third-order valence-electron chi connectivity index (χ3n) is 5.17. The first-order chi connectivity index (χ1) is 16.6. The monoisotopic (exact) mass is 496 g/mol. The number of esters is 2.